The summed E-state index contributed by atoms with van der Waals surface area (Å²) in [6, 6.07) is 15.0. The Morgan fingerprint density at radius 1 is 1.00 bits per heavy atom. The van der Waals surface area contributed by atoms with Gasteiger partial charge in [-0.2, -0.15) is 0 Å². The topological polar surface area (TPSA) is 53.0 Å². The number of hydrogen-bond acceptors (Lipinski definition) is 4. The summed E-state index contributed by atoms with van der Waals surface area (Å²) < 4.78 is 5.61. The van der Waals surface area contributed by atoms with E-state index in [-0.39, 0.29) is 18.3 Å². The molecule has 1 saturated heterocycles. The Hall–Kier alpha value is -2.69. The van der Waals surface area contributed by atoms with Gasteiger partial charge in [0.15, 0.2) is 6.61 Å². The van der Waals surface area contributed by atoms with Crippen LogP contribution in [0, 0.1) is 0 Å². The van der Waals surface area contributed by atoms with E-state index in [4.69, 9.17) is 4.74 Å². The molecule has 2 aromatic carbocycles. The van der Waals surface area contributed by atoms with Crippen molar-refractivity contribution >= 4 is 11.6 Å². The van der Waals surface area contributed by atoms with Crippen molar-refractivity contribution in [1.29, 1.82) is 0 Å². The molecule has 5 heteroatoms. The maximum absolute atomic E-state index is 12.3. The lowest BCUT2D eigenvalue weighted by molar-refractivity contribution is -0.133. The predicted octanol–water partition coefficient (Wildman–Crippen LogP) is 2.68. The molecule has 1 aliphatic heterocycles. The molecule has 1 aliphatic rings. The molecule has 2 aromatic rings. The Labute approximate surface area is 148 Å². The summed E-state index contributed by atoms with van der Waals surface area (Å²) in [5.74, 6) is 1.01. The van der Waals surface area contributed by atoms with Gasteiger partial charge in [0, 0.05) is 31.9 Å². The summed E-state index contributed by atoms with van der Waals surface area (Å²) >= 11 is 0. The van der Waals surface area contributed by atoms with E-state index in [1.807, 2.05) is 41.3 Å². The predicted molar refractivity (Wildman–Crippen MR) is 98.2 cm³/mol. The van der Waals surface area contributed by atoms with Crippen LogP contribution < -0.4 is 9.64 Å². The number of piperazine rings is 1. The maximum atomic E-state index is 12.3. The first-order valence-corrected chi connectivity index (χ1v) is 8.69. The Morgan fingerprint density at radius 2 is 1.64 bits per heavy atom. The van der Waals surface area contributed by atoms with Gasteiger partial charge < -0.3 is 19.6 Å². The molecule has 1 heterocycles. The van der Waals surface area contributed by atoms with E-state index in [0.29, 0.717) is 13.1 Å². The Balaban J connectivity index is 1.47. The number of phenols is 1. The molecule has 0 aliphatic carbocycles. The molecule has 132 valence electrons. The lowest BCUT2D eigenvalue weighted by atomic mass is 10.2. The number of anilines is 1. The van der Waals surface area contributed by atoms with Gasteiger partial charge in [-0.3, -0.25) is 4.79 Å². The largest absolute Gasteiger partial charge is 0.508 e. The van der Waals surface area contributed by atoms with Gasteiger partial charge in [-0.25, -0.2) is 0 Å². The molecule has 0 spiro atoms. The first kappa shape index (κ1) is 17.1. The van der Waals surface area contributed by atoms with Crippen LogP contribution in [0.2, 0.25) is 0 Å². The third-order valence-electron chi connectivity index (χ3n) is 4.54. The number of benzene rings is 2. The van der Waals surface area contributed by atoms with Crippen LogP contribution in [-0.2, 0) is 11.2 Å². The van der Waals surface area contributed by atoms with Crippen LogP contribution in [0.3, 0.4) is 0 Å². The first-order valence-electron chi connectivity index (χ1n) is 8.69. The van der Waals surface area contributed by atoms with Gasteiger partial charge in [0.1, 0.15) is 11.5 Å². The van der Waals surface area contributed by atoms with Crippen LogP contribution in [0.15, 0.2) is 48.5 Å². The third kappa shape index (κ3) is 4.44. The number of carbonyl (C=O) groups excluding carboxylic acids is 1. The Morgan fingerprint density at radius 3 is 2.24 bits per heavy atom. The molecule has 0 aromatic heterocycles. The van der Waals surface area contributed by atoms with Crippen molar-refractivity contribution in [3.8, 4) is 11.5 Å². The van der Waals surface area contributed by atoms with Gasteiger partial charge in [0.25, 0.3) is 5.91 Å². The molecule has 1 fully saturated rings. The number of phenolic OH excluding ortho intramolecular Hbond substituents is 1. The summed E-state index contributed by atoms with van der Waals surface area (Å²) in [6.07, 6.45) is 0.991. The molecule has 0 unspecified atom stereocenters. The van der Waals surface area contributed by atoms with Gasteiger partial charge in [-0.15, -0.1) is 0 Å². The lowest BCUT2D eigenvalue weighted by Gasteiger charge is -2.36. The Kier molecular flexibility index (Phi) is 5.43. The van der Waals surface area contributed by atoms with Crippen molar-refractivity contribution in [2.75, 3.05) is 37.7 Å². The lowest BCUT2D eigenvalue weighted by Crippen LogP contribution is -2.50. The van der Waals surface area contributed by atoms with Crippen LogP contribution in [0.1, 0.15) is 12.5 Å². The van der Waals surface area contributed by atoms with Gasteiger partial charge >= 0.3 is 0 Å². The number of amides is 1. The second-order valence-corrected chi connectivity index (χ2v) is 6.17. The summed E-state index contributed by atoms with van der Waals surface area (Å²) in [5, 5.41) is 9.37. The highest BCUT2D eigenvalue weighted by Gasteiger charge is 2.21. The molecular formula is C20H24N2O3. The minimum Gasteiger partial charge on any atom is -0.508 e. The second kappa shape index (κ2) is 7.92. The molecule has 0 bridgehead atoms. The maximum Gasteiger partial charge on any atom is 0.260 e. The zero-order valence-electron chi connectivity index (χ0n) is 14.5. The molecule has 0 radical (unpaired) electrons. The number of rotatable bonds is 5. The minimum absolute atomic E-state index is 0.0184. The standard InChI is InChI=1S/C20H24N2O3/c1-2-16-3-9-19(10-4-16)25-15-20(24)22-13-11-21(12-14-22)17-5-7-18(23)8-6-17/h3-10,23H,2,11-15H2,1H3. The van der Waals surface area contributed by atoms with Crippen LogP contribution in [0.5, 0.6) is 11.5 Å². The molecule has 0 atom stereocenters. The number of nitrogens with zero attached hydrogens (tertiary/aromatic N) is 2. The first-order chi connectivity index (χ1) is 12.2. The van der Waals surface area contributed by atoms with Crippen LogP contribution in [0.4, 0.5) is 5.69 Å². The molecular weight excluding hydrogens is 316 g/mol. The minimum atomic E-state index is 0.0184. The van der Waals surface area contributed by atoms with Gasteiger partial charge in [0.2, 0.25) is 0 Å². The highest BCUT2D eigenvalue weighted by atomic mass is 16.5. The summed E-state index contributed by atoms with van der Waals surface area (Å²) in [6.45, 7) is 5.10. The van der Waals surface area contributed by atoms with E-state index in [2.05, 4.69) is 11.8 Å². The van der Waals surface area contributed by atoms with E-state index in [1.165, 1.54) is 5.56 Å². The SMILES string of the molecule is CCc1ccc(OCC(=O)N2CCN(c3ccc(O)cc3)CC2)cc1. The second-order valence-electron chi connectivity index (χ2n) is 6.17. The Bertz CT molecular complexity index is 690. The monoisotopic (exact) mass is 340 g/mol. The van der Waals surface area contributed by atoms with Crippen molar-refractivity contribution in [1.82, 2.24) is 4.90 Å². The van der Waals surface area contributed by atoms with E-state index >= 15 is 0 Å². The van der Waals surface area contributed by atoms with Gasteiger partial charge in [-0.05, 0) is 48.4 Å². The zero-order valence-corrected chi connectivity index (χ0v) is 14.5. The van der Waals surface area contributed by atoms with E-state index in [1.54, 1.807) is 12.1 Å². The van der Waals surface area contributed by atoms with E-state index in [0.717, 1.165) is 30.9 Å². The number of hydrogen-bond donors (Lipinski definition) is 1. The van der Waals surface area contributed by atoms with E-state index in [9.17, 15) is 9.90 Å². The summed E-state index contributed by atoms with van der Waals surface area (Å²) in [5.41, 5.74) is 2.32. The highest BCUT2D eigenvalue weighted by Crippen LogP contribution is 2.20. The molecule has 1 N–H and O–H groups in total. The zero-order chi connectivity index (χ0) is 17.6. The van der Waals surface area contributed by atoms with Crippen molar-refractivity contribution in [2.45, 2.75) is 13.3 Å². The van der Waals surface area contributed by atoms with Crippen molar-refractivity contribution in [3.05, 3.63) is 54.1 Å². The number of carbonyl (C=O) groups is 1. The van der Waals surface area contributed by atoms with Gasteiger partial charge in [0.05, 0.1) is 0 Å². The van der Waals surface area contributed by atoms with Crippen LogP contribution in [0.25, 0.3) is 0 Å². The smallest absolute Gasteiger partial charge is 0.260 e. The van der Waals surface area contributed by atoms with Gasteiger partial charge in [-0.1, -0.05) is 19.1 Å². The van der Waals surface area contributed by atoms with Crippen molar-refractivity contribution < 1.29 is 14.6 Å². The average molecular weight is 340 g/mol. The number of aromatic hydroxyl groups is 1. The van der Waals surface area contributed by atoms with Crippen molar-refractivity contribution in [3.63, 3.8) is 0 Å². The number of aryl methyl sites for hydroxylation is 1. The molecule has 25 heavy (non-hydrogen) atoms. The fourth-order valence-corrected chi connectivity index (χ4v) is 2.94. The summed E-state index contributed by atoms with van der Waals surface area (Å²) in [7, 11) is 0. The molecule has 3 rings (SSSR count). The van der Waals surface area contributed by atoms with E-state index < -0.39 is 0 Å². The molecule has 0 saturated carbocycles. The number of ether oxygens (including phenoxy) is 1. The molecule has 5 nitrogen and oxygen atoms in total. The third-order valence-corrected chi connectivity index (χ3v) is 4.54. The quantitative estimate of drug-likeness (QED) is 0.909. The molecule has 1 amide bonds. The van der Waals surface area contributed by atoms with Crippen LogP contribution >= 0.6 is 0 Å². The highest BCUT2D eigenvalue weighted by molar-refractivity contribution is 5.78. The summed E-state index contributed by atoms with van der Waals surface area (Å²) in [4.78, 5) is 16.4. The van der Waals surface area contributed by atoms with Crippen LogP contribution in [-0.4, -0.2) is 48.7 Å². The average Bonchev–Trinajstić information content (AvgIpc) is 2.67. The van der Waals surface area contributed by atoms with Crippen molar-refractivity contribution in [2.24, 2.45) is 0 Å². The fourth-order valence-electron chi connectivity index (χ4n) is 2.94. The normalized spacial score (nSPS) is 14.4. The fraction of sp³-hybridized carbons (Fsp3) is 0.350.